The van der Waals surface area contributed by atoms with Gasteiger partial charge in [0.1, 0.15) is 11.9 Å². The van der Waals surface area contributed by atoms with Gasteiger partial charge in [0.25, 0.3) is 0 Å². The van der Waals surface area contributed by atoms with Gasteiger partial charge in [0.15, 0.2) is 5.96 Å². The highest BCUT2D eigenvalue weighted by Gasteiger charge is 2.14. The number of aliphatic imine (C=N–C) groups is 1. The maximum atomic E-state index is 5.97. The second-order valence-electron chi connectivity index (χ2n) is 7.17. The van der Waals surface area contributed by atoms with Crippen LogP contribution in [-0.2, 0) is 0 Å². The first-order valence-corrected chi connectivity index (χ1v) is 10.3. The van der Waals surface area contributed by atoms with E-state index < -0.39 is 0 Å². The van der Waals surface area contributed by atoms with Gasteiger partial charge < -0.3 is 20.3 Å². The standard InChI is InChI=1S/C21H37N5O.HI/c1-5-22-21(23-10-11-26-14-12-25(6-2)13-15-26)24-17-19(4)27-20-9-7-8-18(3)16-20;/h7-9,16,19H,5-6,10-15,17H2,1-4H3,(H2,22,23,24);1H. The number of aryl methyl sites for hydroxylation is 1. The van der Waals surface area contributed by atoms with Crippen LogP contribution in [0.2, 0.25) is 0 Å². The van der Waals surface area contributed by atoms with E-state index in [1.807, 2.05) is 12.1 Å². The number of nitrogens with zero attached hydrogens (tertiary/aromatic N) is 3. The smallest absolute Gasteiger partial charge is 0.191 e. The van der Waals surface area contributed by atoms with Crippen molar-refractivity contribution in [1.29, 1.82) is 0 Å². The number of likely N-dealkylation sites (N-methyl/N-ethyl adjacent to an activating group) is 1. The summed E-state index contributed by atoms with van der Waals surface area (Å²) in [7, 11) is 0. The minimum Gasteiger partial charge on any atom is -0.489 e. The molecule has 0 aliphatic carbocycles. The zero-order valence-electron chi connectivity index (χ0n) is 17.9. The molecule has 2 rings (SSSR count). The van der Waals surface area contributed by atoms with Gasteiger partial charge in [-0.3, -0.25) is 4.90 Å². The lowest BCUT2D eigenvalue weighted by molar-refractivity contribution is 0.139. The summed E-state index contributed by atoms with van der Waals surface area (Å²) in [6.45, 7) is 17.7. The molecule has 0 aromatic heterocycles. The fourth-order valence-corrected chi connectivity index (χ4v) is 3.18. The van der Waals surface area contributed by atoms with Crippen LogP contribution in [-0.4, -0.2) is 80.8 Å². The monoisotopic (exact) mass is 503 g/mol. The lowest BCUT2D eigenvalue weighted by Crippen LogP contribution is -2.49. The van der Waals surface area contributed by atoms with Crippen molar-refractivity contribution in [3.05, 3.63) is 29.8 Å². The number of piperazine rings is 1. The van der Waals surface area contributed by atoms with Crippen LogP contribution in [0.4, 0.5) is 0 Å². The van der Waals surface area contributed by atoms with Gasteiger partial charge in [0, 0.05) is 45.8 Å². The Morgan fingerprint density at radius 1 is 1.14 bits per heavy atom. The molecule has 2 N–H and O–H groups in total. The van der Waals surface area contributed by atoms with Crippen molar-refractivity contribution in [1.82, 2.24) is 20.4 Å². The normalized spacial score (nSPS) is 16.9. The van der Waals surface area contributed by atoms with Crippen molar-refractivity contribution in [3.63, 3.8) is 0 Å². The molecule has 0 saturated carbocycles. The lowest BCUT2D eigenvalue weighted by Gasteiger charge is -2.34. The van der Waals surface area contributed by atoms with Crippen LogP contribution in [0.1, 0.15) is 26.3 Å². The van der Waals surface area contributed by atoms with Gasteiger partial charge in [-0.15, -0.1) is 24.0 Å². The van der Waals surface area contributed by atoms with Crippen molar-refractivity contribution in [2.24, 2.45) is 4.99 Å². The van der Waals surface area contributed by atoms with Gasteiger partial charge in [-0.2, -0.15) is 0 Å². The molecular formula is C21H38IN5O. The Morgan fingerprint density at radius 2 is 1.86 bits per heavy atom. The average Bonchev–Trinajstić information content (AvgIpc) is 2.66. The fourth-order valence-electron chi connectivity index (χ4n) is 3.18. The van der Waals surface area contributed by atoms with Gasteiger partial charge >= 0.3 is 0 Å². The maximum absolute atomic E-state index is 5.97. The first kappa shape index (κ1) is 25.0. The van der Waals surface area contributed by atoms with E-state index in [1.165, 1.54) is 18.7 Å². The summed E-state index contributed by atoms with van der Waals surface area (Å²) in [5.74, 6) is 1.77. The number of hydrogen-bond donors (Lipinski definition) is 2. The third-order valence-corrected chi connectivity index (χ3v) is 4.81. The summed E-state index contributed by atoms with van der Waals surface area (Å²) < 4.78 is 5.97. The maximum Gasteiger partial charge on any atom is 0.191 e. The van der Waals surface area contributed by atoms with Gasteiger partial charge in [-0.1, -0.05) is 19.1 Å². The molecule has 1 aliphatic heterocycles. The van der Waals surface area contributed by atoms with Crippen LogP contribution < -0.4 is 15.4 Å². The highest BCUT2D eigenvalue weighted by atomic mass is 127. The molecule has 1 unspecified atom stereocenters. The molecule has 28 heavy (non-hydrogen) atoms. The molecule has 1 atom stereocenters. The van der Waals surface area contributed by atoms with Crippen LogP contribution in [0.15, 0.2) is 29.3 Å². The minimum absolute atomic E-state index is 0. The third-order valence-electron chi connectivity index (χ3n) is 4.81. The number of ether oxygens (including phenoxy) is 1. The van der Waals surface area contributed by atoms with Crippen LogP contribution in [0.5, 0.6) is 5.75 Å². The molecule has 1 saturated heterocycles. The number of nitrogens with one attached hydrogen (secondary N) is 2. The van der Waals surface area contributed by atoms with Crippen molar-refractivity contribution in [2.45, 2.75) is 33.8 Å². The molecule has 1 heterocycles. The van der Waals surface area contributed by atoms with Gasteiger partial charge in [-0.05, 0) is 45.0 Å². The zero-order chi connectivity index (χ0) is 19.5. The van der Waals surface area contributed by atoms with E-state index in [1.54, 1.807) is 0 Å². The topological polar surface area (TPSA) is 52.1 Å². The SMILES string of the molecule is CCNC(=NCC(C)Oc1cccc(C)c1)NCCN1CCN(CC)CC1.I. The number of rotatable bonds is 9. The molecule has 1 aliphatic rings. The molecule has 0 amide bonds. The Bertz CT molecular complexity index is 576. The summed E-state index contributed by atoms with van der Waals surface area (Å²) in [5, 5.41) is 6.77. The molecule has 6 nitrogen and oxygen atoms in total. The Labute approximate surface area is 188 Å². The molecule has 160 valence electrons. The highest BCUT2D eigenvalue weighted by Crippen LogP contribution is 2.14. The van der Waals surface area contributed by atoms with E-state index in [2.05, 4.69) is 65.3 Å². The van der Waals surface area contributed by atoms with Gasteiger partial charge in [0.05, 0.1) is 6.54 Å². The summed E-state index contributed by atoms with van der Waals surface area (Å²) in [6, 6.07) is 8.15. The van der Waals surface area contributed by atoms with Crippen molar-refractivity contribution in [2.75, 3.05) is 58.9 Å². The summed E-state index contributed by atoms with van der Waals surface area (Å²) >= 11 is 0. The quantitative estimate of drug-likeness (QED) is 0.308. The zero-order valence-corrected chi connectivity index (χ0v) is 20.2. The average molecular weight is 503 g/mol. The fraction of sp³-hybridized carbons (Fsp3) is 0.667. The van der Waals surface area contributed by atoms with Crippen molar-refractivity contribution < 1.29 is 4.74 Å². The van der Waals surface area contributed by atoms with E-state index in [4.69, 9.17) is 4.74 Å². The Balaban J connectivity index is 0.00000392. The molecule has 1 aromatic carbocycles. The first-order valence-electron chi connectivity index (χ1n) is 10.3. The van der Waals surface area contributed by atoms with E-state index >= 15 is 0 Å². The predicted octanol–water partition coefficient (Wildman–Crippen LogP) is 2.57. The van der Waals surface area contributed by atoms with Crippen LogP contribution >= 0.6 is 24.0 Å². The van der Waals surface area contributed by atoms with Crippen LogP contribution in [0, 0.1) is 6.92 Å². The molecular weight excluding hydrogens is 465 g/mol. The van der Waals surface area contributed by atoms with Crippen LogP contribution in [0.25, 0.3) is 0 Å². The largest absolute Gasteiger partial charge is 0.489 e. The molecule has 7 heteroatoms. The summed E-state index contributed by atoms with van der Waals surface area (Å²) in [6.07, 6.45) is 0.0318. The molecule has 0 spiro atoms. The number of guanidine groups is 1. The molecule has 1 aromatic rings. The highest BCUT2D eigenvalue weighted by molar-refractivity contribution is 14.0. The minimum atomic E-state index is 0. The number of halogens is 1. The summed E-state index contributed by atoms with van der Waals surface area (Å²) in [4.78, 5) is 9.71. The predicted molar refractivity (Wildman–Crippen MR) is 129 cm³/mol. The van der Waals surface area contributed by atoms with E-state index in [0.29, 0.717) is 6.54 Å². The molecule has 1 fully saturated rings. The molecule has 0 bridgehead atoms. The lowest BCUT2D eigenvalue weighted by atomic mass is 10.2. The number of benzene rings is 1. The second kappa shape index (κ2) is 14.0. The third kappa shape index (κ3) is 9.43. The van der Waals surface area contributed by atoms with Crippen LogP contribution in [0.3, 0.4) is 0 Å². The van der Waals surface area contributed by atoms with Gasteiger partial charge in [-0.25, -0.2) is 4.99 Å². The van der Waals surface area contributed by atoms with E-state index in [-0.39, 0.29) is 30.1 Å². The summed E-state index contributed by atoms with van der Waals surface area (Å²) in [5.41, 5.74) is 1.21. The first-order chi connectivity index (χ1) is 13.1. The Morgan fingerprint density at radius 3 is 2.50 bits per heavy atom. The second-order valence-corrected chi connectivity index (χ2v) is 7.17. The van der Waals surface area contributed by atoms with E-state index in [0.717, 1.165) is 51.0 Å². The number of hydrogen-bond acceptors (Lipinski definition) is 4. The molecule has 0 radical (unpaired) electrons. The van der Waals surface area contributed by atoms with Crippen molar-refractivity contribution in [3.8, 4) is 5.75 Å². The Kier molecular flexibility index (Phi) is 12.5. The van der Waals surface area contributed by atoms with Gasteiger partial charge in [0.2, 0.25) is 0 Å². The van der Waals surface area contributed by atoms with Crippen molar-refractivity contribution >= 4 is 29.9 Å². The Hall–Kier alpha value is -1.06. The van der Waals surface area contributed by atoms with E-state index in [9.17, 15) is 0 Å².